The normalized spacial score (nSPS) is 13.2. The van der Waals surface area contributed by atoms with Crippen LogP contribution in [0.1, 0.15) is 58.3 Å². The molecule has 0 aliphatic carbocycles. The van der Waals surface area contributed by atoms with Crippen LogP contribution in [0, 0.1) is 0 Å². The van der Waals surface area contributed by atoms with Crippen LogP contribution < -0.4 is 8.37 Å². The van der Waals surface area contributed by atoms with E-state index in [1.165, 1.54) is 0 Å². The molecule has 0 saturated carbocycles. The summed E-state index contributed by atoms with van der Waals surface area (Å²) in [5, 5.41) is 0. The quantitative estimate of drug-likeness (QED) is 0.0880. The summed E-state index contributed by atoms with van der Waals surface area (Å²) in [6.45, 7) is 2.10. The van der Waals surface area contributed by atoms with E-state index in [9.17, 15) is 43.2 Å². The molecule has 33 heavy (non-hydrogen) atoms. The van der Waals surface area contributed by atoms with Crippen LogP contribution in [-0.2, 0) is 20.2 Å². The Balaban J connectivity index is 2.91. The van der Waals surface area contributed by atoms with Crippen molar-refractivity contribution in [3.05, 3.63) is 18.2 Å². The fraction of sp³-hybridized carbons (Fsp3) is 0.667. The van der Waals surface area contributed by atoms with Gasteiger partial charge in [0.2, 0.25) is 0 Å². The Morgan fingerprint density at radius 2 is 1.09 bits per heavy atom. The number of halogens is 6. The molecule has 1 aromatic carbocycles. The summed E-state index contributed by atoms with van der Waals surface area (Å²) < 4.78 is 128. The third kappa shape index (κ3) is 10.2. The third-order valence-electron chi connectivity index (χ3n) is 4.10. The van der Waals surface area contributed by atoms with Crippen molar-refractivity contribution < 1.29 is 51.5 Å². The van der Waals surface area contributed by atoms with Crippen LogP contribution in [0.5, 0.6) is 11.5 Å². The topological polar surface area (TPSA) is 86.7 Å². The minimum Gasteiger partial charge on any atom is -0.376 e. The second kappa shape index (κ2) is 12.4. The molecule has 6 nitrogen and oxygen atoms in total. The molecule has 192 valence electrons. The Morgan fingerprint density at radius 1 is 0.697 bits per heavy atom. The van der Waals surface area contributed by atoms with Crippen LogP contribution in [0.4, 0.5) is 26.3 Å². The molecular weight excluding hydrogens is 522 g/mol. The van der Waals surface area contributed by atoms with E-state index >= 15 is 0 Å². The highest BCUT2D eigenvalue weighted by atomic mass is 32.2. The van der Waals surface area contributed by atoms with Gasteiger partial charge in [0.1, 0.15) is 11.5 Å². The maximum atomic E-state index is 12.6. The van der Waals surface area contributed by atoms with E-state index in [2.05, 4.69) is 15.3 Å². The van der Waals surface area contributed by atoms with Crippen LogP contribution in [0.2, 0.25) is 0 Å². The zero-order chi connectivity index (χ0) is 25.3. The highest BCUT2D eigenvalue weighted by Gasteiger charge is 2.50. The second-order valence-corrected chi connectivity index (χ2v) is 11.2. The zero-order valence-electron chi connectivity index (χ0n) is 17.5. The first-order valence-corrected chi connectivity index (χ1v) is 13.7. The van der Waals surface area contributed by atoms with Crippen LogP contribution >= 0.6 is 11.8 Å². The van der Waals surface area contributed by atoms with Gasteiger partial charge in [-0.15, -0.1) is 11.8 Å². The standard InChI is InChI=1S/C18H24F6O6S3/c1-2-3-4-5-6-7-8-9-10-31-16-12-14(29-32(25,26)17(19,20)21)11-15(13-16)30-33(27,28)18(22,23)24/h11-13H,2-10H2,1H3. The summed E-state index contributed by atoms with van der Waals surface area (Å²) in [6, 6.07) is 1.99. The summed E-state index contributed by atoms with van der Waals surface area (Å²) >= 11 is 0.976. The molecule has 0 aliphatic heterocycles. The van der Waals surface area contributed by atoms with Gasteiger partial charge in [0.15, 0.2) is 0 Å². The molecule has 0 fully saturated rings. The number of unbranched alkanes of at least 4 members (excludes halogenated alkanes) is 7. The first kappa shape index (κ1) is 29.7. The van der Waals surface area contributed by atoms with Crippen molar-refractivity contribution in [2.45, 2.75) is 74.2 Å². The lowest BCUT2D eigenvalue weighted by Gasteiger charge is -2.14. The summed E-state index contributed by atoms with van der Waals surface area (Å²) in [4.78, 5) is -0.0276. The van der Waals surface area contributed by atoms with Gasteiger partial charge in [-0.25, -0.2) is 0 Å². The molecule has 0 N–H and O–H groups in total. The average Bonchev–Trinajstić information content (AvgIpc) is 2.64. The largest absolute Gasteiger partial charge is 0.534 e. The SMILES string of the molecule is CCCCCCCCCCSc1cc(OS(=O)(=O)C(F)(F)F)cc(OS(=O)(=O)C(F)(F)F)c1. The lowest BCUT2D eigenvalue weighted by atomic mass is 10.1. The van der Waals surface area contributed by atoms with Gasteiger partial charge in [0.25, 0.3) is 0 Å². The number of hydrogen-bond acceptors (Lipinski definition) is 7. The van der Waals surface area contributed by atoms with Crippen molar-refractivity contribution in [2.24, 2.45) is 0 Å². The van der Waals surface area contributed by atoms with Crippen molar-refractivity contribution >= 4 is 32.0 Å². The van der Waals surface area contributed by atoms with Crippen molar-refractivity contribution in [2.75, 3.05) is 5.75 Å². The van der Waals surface area contributed by atoms with Gasteiger partial charge >= 0.3 is 31.3 Å². The molecule has 0 aromatic heterocycles. The fourth-order valence-corrected chi connectivity index (χ4v) is 4.37. The molecule has 15 heteroatoms. The molecule has 0 bridgehead atoms. The van der Waals surface area contributed by atoms with Gasteiger partial charge in [-0.3, -0.25) is 0 Å². The molecule has 0 heterocycles. The molecule has 1 rings (SSSR count). The van der Waals surface area contributed by atoms with Crippen molar-refractivity contribution in [3.8, 4) is 11.5 Å². The maximum Gasteiger partial charge on any atom is 0.534 e. The number of rotatable bonds is 14. The van der Waals surface area contributed by atoms with E-state index < -0.39 is 42.8 Å². The first-order valence-electron chi connectivity index (χ1n) is 9.88. The average molecular weight is 547 g/mol. The molecule has 0 amide bonds. The second-order valence-electron chi connectivity index (χ2n) is 6.93. The molecule has 0 saturated heterocycles. The van der Waals surface area contributed by atoms with Crippen molar-refractivity contribution in [3.63, 3.8) is 0 Å². The number of alkyl halides is 6. The van der Waals surface area contributed by atoms with Crippen LogP contribution in [0.25, 0.3) is 0 Å². The fourth-order valence-electron chi connectivity index (χ4n) is 2.50. The lowest BCUT2D eigenvalue weighted by Crippen LogP contribution is -2.29. The van der Waals surface area contributed by atoms with E-state index in [0.717, 1.165) is 68.8 Å². The Kier molecular flexibility index (Phi) is 11.1. The monoisotopic (exact) mass is 546 g/mol. The van der Waals surface area contributed by atoms with Crippen molar-refractivity contribution in [1.29, 1.82) is 0 Å². The van der Waals surface area contributed by atoms with E-state index in [4.69, 9.17) is 0 Å². The van der Waals surface area contributed by atoms with Gasteiger partial charge in [-0.1, -0.05) is 51.9 Å². The molecule has 0 radical (unpaired) electrons. The molecule has 0 atom stereocenters. The Hall–Kier alpha value is -1.35. The zero-order valence-corrected chi connectivity index (χ0v) is 20.0. The Labute approximate surface area is 193 Å². The van der Waals surface area contributed by atoms with Gasteiger partial charge in [-0.05, 0) is 24.3 Å². The van der Waals surface area contributed by atoms with Crippen molar-refractivity contribution in [1.82, 2.24) is 0 Å². The summed E-state index contributed by atoms with van der Waals surface area (Å²) in [7, 11) is -12.3. The predicted molar refractivity (Wildman–Crippen MR) is 111 cm³/mol. The molecule has 1 aromatic rings. The number of thioether (sulfide) groups is 1. The Morgan fingerprint density at radius 3 is 1.48 bits per heavy atom. The van der Waals surface area contributed by atoms with Gasteiger partial charge in [0, 0.05) is 11.0 Å². The smallest absolute Gasteiger partial charge is 0.376 e. The molecule has 0 unspecified atom stereocenters. The van der Waals surface area contributed by atoms with E-state index in [1.54, 1.807) is 0 Å². The highest BCUT2D eigenvalue weighted by molar-refractivity contribution is 7.99. The summed E-state index contributed by atoms with van der Waals surface area (Å²) in [5.74, 6) is -1.68. The lowest BCUT2D eigenvalue weighted by molar-refractivity contribution is -0.0502. The third-order valence-corrected chi connectivity index (χ3v) is 7.12. The van der Waals surface area contributed by atoms with Gasteiger partial charge < -0.3 is 8.37 Å². The van der Waals surface area contributed by atoms with E-state index in [1.807, 2.05) is 0 Å². The highest BCUT2D eigenvalue weighted by Crippen LogP contribution is 2.35. The minimum absolute atomic E-state index is 0.0276. The molecular formula is C18H24F6O6S3. The summed E-state index contributed by atoms with van der Waals surface area (Å²) in [6.07, 6.45) is 8.02. The van der Waals surface area contributed by atoms with Crippen LogP contribution in [-0.4, -0.2) is 33.6 Å². The Bertz CT molecular complexity index is 895. The van der Waals surface area contributed by atoms with Crippen LogP contribution in [0.3, 0.4) is 0 Å². The first-order chi connectivity index (χ1) is 15.1. The summed E-state index contributed by atoms with van der Waals surface area (Å²) in [5.41, 5.74) is -11.6. The van der Waals surface area contributed by atoms with Gasteiger partial charge in [0.05, 0.1) is 0 Å². The maximum absolute atomic E-state index is 12.6. The van der Waals surface area contributed by atoms with E-state index in [0.29, 0.717) is 18.2 Å². The number of hydrogen-bond donors (Lipinski definition) is 0. The molecule has 0 aliphatic rings. The van der Waals surface area contributed by atoms with Crippen LogP contribution in [0.15, 0.2) is 23.1 Å². The molecule has 0 spiro atoms. The van der Waals surface area contributed by atoms with E-state index in [-0.39, 0.29) is 4.90 Å². The van der Waals surface area contributed by atoms with Gasteiger partial charge in [-0.2, -0.15) is 43.2 Å². The predicted octanol–water partition coefficient (Wildman–Crippen LogP) is 6.38. The minimum atomic E-state index is -6.14. The number of benzene rings is 1.